The average molecular weight is 498 g/mol. The second-order valence-corrected chi connectivity index (χ2v) is 15.2. The van der Waals surface area contributed by atoms with Crippen molar-refractivity contribution in [2.45, 2.75) is 77.6 Å². The lowest BCUT2D eigenvalue weighted by molar-refractivity contribution is -0.118. The molecule has 0 spiro atoms. The molecule has 1 fully saturated rings. The van der Waals surface area contributed by atoms with E-state index in [0.29, 0.717) is 6.42 Å². The number of rotatable bonds is 8. The minimum atomic E-state index is -2.13. The zero-order valence-electron chi connectivity index (χ0n) is 20.0. The van der Waals surface area contributed by atoms with Gasteiger partial charge in [-0.25, -0.2) is 9.55 Å². The minimum absolute atomic E-state index is 0.00659. The summed E-state index contributed by atoms with van der Waals surface area (Å²) in [7, 11) is -2.56. The van der Waals surface area contributed by atoms with Gasteiger partial charge in [-0.05, 0) is 18.1 Å². The number of aromatic nitrogens is 4. The number of amides is 1. The summed E-state index contributed by atoms with van der Waals surface area (Å²) in [5.74, 6) is -0.494. The van der Waals surface area contributed by atoms with Gasteiger partial charge in [-0.1, -0.05) is 34.6 Å². The Kier molecular flexibility index (Phi) is 7.54. The number of anilines is 1. The van der Waals surface area contributed by atoms with Gasteiger partial charge < -0.3 is 9.16 Å². The van der Waals surface area contributed by atoms with E-state index in [9.17, 15) is 14.2 Å². The molecule has 13 heteroatoms. The molecule has 0 aliphatic carbocycles. The number of ether oxygens (including phenoxy) is 1. The number of carbonyl (C=O) groups is 1. The minimum Gasteiger partial charge on any atom is -0.411 e. The van der Waals surface area contributed by atoms with Crippen LogP contribution in [0.3, 0.4) is 0 Å². The molecule has 2 aromatic rings. The van der Waals surface area contributed by atoms with Gasteiger partial charge in [-0.3, -0.25) is 29.0 Å². The molecular weight excluding hydrogens is 465 g/mol. The van der Waals surface area contributed by atoms with E-state index in [1.807, 2.05) is 0 Å². The van der Waals surface area contributed by atoms with Crippen LogP contribution in [0.1, 0.15) is 47.3 Å². The molecule has 33 heavy (non-hydrogen) atoms. The number of carbonyl (C=O) groups excluding carboxylic acids is 1. The summed E-state index contributed by atoms with van der Waals surface area (Å²) in [6.07, 6.45) is 0.695. The molecular formula is C20H32N5O6PSi. The standard InChI is InChI=1S/C20H32N5O6PSi/c1-11(2)17(26)23-19-22-16-15(18(27)24-19)21-10-25(16)14-8-12(13(30-14)9-29-32-28)31-33(6,7)20(3,4)5/h10-14H,8-9H2,1-7H3,(H2,22,23,24,26,27)/t12?,13-,14-/m1/s1. The Morgan fingerprint density at radius 1 is 1.42 bits per heavy atom. The highest BCUT2D eigenvalue weighted by atomic mass is 31.1. The van der Waals surface area contributed by atoms with Crippen molar-refractivity contribution in [2.75, 3.05) is 11.9 Å². The van der Waals surface area contributed by atoms with E-state index < -0.39 is 34.9 Å². The molecule has 182 valence electrons. The molecule has 0 bridgehead atoms. The summed E-state index contributed by atoms with van der Waals surface area (Å²) in [4.78, 5) is 35.7. The van der Waals surface area contributed by atoms with Crippen molar-refractivity contribution in [3.05, 3.63) is 16.7 Å². The Morgan fingerprint density at radius 3 is 2.73 bits per heavy atom. The van der Waals surface area contributed by atoms with Crippen molar-refractivity contribution in [2.24, 2.45) is 5.92 Å². The van der Waals surface area contributed by atoms with Crippen LogP contribution in [-0.4, -0.2) is 52.6 Å². The van der Waals surface area contributed by atoms with Crippen molar-refractivity contribution < 1.29 is 23.0 Å². The lowest BCUT2D eigenvalue weighted by Gasteiger charge is -2.39. The van der Waals surface area contributed by atoms with E-state index in [2.05, 4.69) is 54.1 Å². The molecule has 3 heterocycles. The highest BCUT2D eigenvalue weighted by Crippen LogP contribution is 2.41. The predicted molar refractivity (Wildman–Crippen MR) is 126 cm³/mol. The third kappa shape index (κ3) is 5.57. The molecule has 2 N–H and O–H groups in total. The zero-order chi connectivity index (χ0) is 24.6. The number of aromatic amines is 1. The molecule has 0 saturated carbocycles. The summed E-state index contributed by atoms with van der Waals surface area (Å²) in [6, 6.07) is 0. The number of nitrogens with zero attached hydrogens (tertiary/aromatic N) is 3. The topological polar surface area (TPSA) is 137 Å². The number of imidazole rings is 1. The fraction of sp³-hybridized carbons (Fsp3) is 0.700. The fourth-order valence-corrected chi connectivity index (χ4v) is 4.83. The highest BCUT2D eigenvalue weighted by molar-refractivity contribution is 7.17. The van der Waals surface area contributed by atoms with Crippen LogP contribution < -0.4 is 10.9 Å². The summed E-state index contributed by atoms with van der Waals surface area (Å²) >= 11 is 0. The molecule has 1 amide bonds. The van der Waals surface area contributed by atoms with Crippen molar-refractivity contribution in [3.63, 3.8) is 0 Å². The van der Waals surface area contributed by atoms with Gasteiger partial charge in [0, 0.05) is 12.3 Å². The summed E-state index contributed by atoms with van der Waals surface area (Å²) in [5.41, 5.74) is -0.0342. The van der Waals surface area contributed by atoms with Crippen molar-refractivity contribution in [1.82, 2.24) is 19.5 Å². The van der Waals surface area contributed by atoms with Gasteiger partial charge in [0.05, 0.1) is 19.0 Å². The SMILES string of the molecule is CC(C)C(=O)Nc1nc2c(ncn2[C@H]2CC(O[Si](C)(C)C(C)(C)C)[C@@H](COP=O)O2)c(=O)[nH]1. The van der Waals surface area contributed by atoms with Crippen LogP contribution in [0.5, 0.6) is 0 Å². The highest BCUT2D eigenvalue weighted by Gasteiger charge is 2.45. The lowest BCUT2D eigenvalue weighted by Crippen LogP contribution is -2.46. The third-order valence-corrected chi connectivity index (χ3v) is 11.0. The Hall–Kier alpha value is -1.98. The summed E-state index contributed by atoms with van der Waals surface area (Å²) in [5, 5.41) is 2.61. The van der Waals surface area contributed by atoms with Crippen LogP contribution in [0.2, 0.25) is 18.1 Å². The number of H-pyrrole nitrogens is 1. The Bertz CT molecular complexity index is 1080. The summed E-state index contributed by atoms with van der Waals surface area (Å²) in [6.45, 7) is 14.4. The van der Waals surface area contributed by atoms with Gasteiger partial charge in [0.25, 0.3) is 5.56 Å². The van der Waals surface area contributed by atoms with Gasteiger partial charge >= 0.3 is 8.69 Å². The third-order valence-electron chi connectivity index (χ3n) is 6.23. The van der Waals surface area contributed by atoms with Gasteiger partial charge in [0.1, 0.15) is 12.3 Å². The number of nitrogens with one attached hydrogen (secondary N) is 2. The lowest BCUT2D eigenvalue weighted by atomic mass is 10.2. The van der Waals surface area contributed by atoms with Gasteiger partial charge in [-0.2, -0.15) is 4.98 Å². The van der Waals surface area contributed by atoms with Gasteiger partial charge in [-0.15, -0.1) is 0 Å². The van der Waals surface area contributed by atoms with E-state index in [1.54, 1.807) is 18.4 Å². The first kappa shape index (κ1) is 25.6. The number of hydrogen-bond acceptors (Lipinski definition) is 8. The van der Waals surface area contributed by atoms with E-state index in [0.717, 1.165) is 0 Å². The molecule has 1 saturated heterocycles. The fourth-order valence-electron chi connectivity index (χ4n) is 3.26. The monoisotopic (exact) mass is 497 g/mol. The first-order valence-corrected chi connectivity index (χ1v) is 14.5. The van der Waals surface area contributed by atoms with E-state index in [-0.39, 0.29) is 46.7 Å². The maximum atomic E-state index is 12.5. The van der Waals surface area contributed by atoms with Crippen molar-refractivity contribution in [1.29, 1.82) is 0 Å². The van der Waals surface area contributed by atoms with Crippen LogP contribution >= 0.6 is 8.69 Å². The molecule has 1 aliphatic rings. The molecule has 2 aromatic heterocycles. The van der Waals surface area contributed by atoms with E-state index in [4.69, 9.17) is 13.7 Å². The molecule has 3 atom stereocenters. The van der Waals surface area contributed by atoms with Crippen LogP contribution in [0.25, 0.3) is 11.2 Å². The molecule has 3 rings (SSSR count). The molecule has 11 nitrogen and oxygen atoms in total. The first-order chi connectivity index (χ1) is 15.3. The number of fused-ring (bicyclic) bond motifs is 1. The Morgan fingerprint density at radius 2 is 2.12 bits per heavy atom. The maximum absolute atomic E-state index is 12.5. The van der Waals surface area contributed by atoms with E-state index in [1.165, 1.54) is 6.33 Å². The van der Waals surface area contributed by atoms with Crippen molar-refractivity contribution >= 4 is 40.0 Å². The Labute approximate surface area is 195 Å². The second kappa shape index (κ2) is 9.71. The zero-order valence-corrected chi connectivity index (χ0v) is 21.9. The quantitative estimate of drug-likeness (QED) is 0.417. The predicted octanol–water partition coefficient (Wildman–Crippen LogP) is 3.62. The largest absolute Gasteiger partial charge is 0.411 e. The Balaban J connectivity index is 1.92. The van der Waals surface area contributed by atoms with Crippen LogP contribution in [-0.2, 0) is 23.0 Å². The molecule has 0 aromatic carbocycles. The number of hydrogen-bond donors (Lipinski definition) is 2. The smallest absolute Gasteiger partial charge is 0.327 e. The normalized spacial score (nSPS) is 21.9. The average Bonchev–Trinajstić information content (AvgIpc) is 3.29. The second-order valence-electron chi connectivity index (χ2n) is 10.0. The summed E-state index contributed by atoms with van der Waals surface area (Å²) < 4.78 is 30.4. The maximum Gasteiger partial charge on any atom is 0.327 e. The molecule has 1 unspecified atom stereocenters. The van der Waals surface area contributed by atoms with Gasteiger partial charge in [0.15, 0.2) is 19.5 Å². The van der Waals surface area contributed by atoms with Crippen LogP contribution in [0.4, 0.5) is 5.95 Å². The molecule has 0 radical (unpaired) electrons. The van der Waals surface area contributed by atoms with E-state index >= 15 is 0 Å². The first-order valence-electron chi connectivity index (χ1n) is 10.9. The van der Waals surface area contributed by atoms with Crippen LogP contribution in [0.15, 0.2) is 11.1 Å². The van der Waals surface area contributed by atoms with Gasteiger partial charge in [0.2, 0.25) is 11.9 Å². The van der Waals surface area contributed by atoms with Crippen LogP contribution in [0, 0.1) is 5.92 Å². The van der Waals surface area contributed by atoms with Crippen molar-refractivity contribution in [3.8, 4) is 0 Å². The molecule has 1 aliphatic heterocycles.